The molecule has 0 atom stereocenters. The van der Waals surface area contributed by atoms with Crippen molar-refractivity contribution in [3.05, 3.63) is 58.6 Å². The Labute approximate surface area is 156 Å². The van der Waals surface area contributed by atoms with Gasteiger partial charge in [0.25, 0.3) is 5.91 Å². The topological polar surface area (TPSA) is 44.4 Å². The van der Waals surface area contributed by atoms with E-state index in [9.17, 15) is 13.6 Å². The van der Waals surface area contributed by atoms with Crippen LogP contribution in [-0.4, -0.2) is 37.0 Å². The van der Waals surface area contributed by atoms with Crippen molar-refractivity contribution >= 4 is 28.9 Å². The maximum Gasteiger partial charge on any atom is 0.257 e. The molecule has 1 aliphatic heterocycles. The standard InChI is InChI=1S/C19H20ClF2N3O/c1-25-6-4-14(5-7-25)23-15-8-13(22)9-16(11-15)24-19(26)17-3-2-12(21)10-18(17)20/h2-3,8-11,14,23H,4-7H2,1H3,(H,24,26). The lowest BCUT2D eigenvalue weighted by molar-refractivity contribution is 0.102. The Kier molecular flexibility index (Phi) is 5.74. The number of hydrogen-bond acceptors (Lipinski definition) is 3. The molecule has 7 heteroatoms. The van der Waals surface area contributed by atoms with E-state index in [4.69, 9.17) is 11.6 Å². The van der Waals surface area contributed by atoms with Gasteiger partial charge >= 0.3 is 0 Å². The van der Waals surface area contributed by atoms with Crippen molar-refractivity contribution in [3.8, 4) is 0 Å². The van der Waals surface area contributed by atoms with Gasteiger partial charge < -0.3 is 15.5 Å². The average molecular weight is 380 g/mol. The molecule has 0 aliphatic carbocycles. The summed E-state index contributed by atoms with van der Waals surface area (Å²) in [4.78, 5) is 14.6. The highest BCUT2D eigenvalue weighted by Crippen LogP contribution is 2.23. The molecule has 2 N–H and O–H groups in total. The number of rotatable bonds is 4. The van der Waals surface area contributed by atoms with Gasteiger partial charge in [-0.3, -0.25) is 4.79 Å². The van der Waals surface area contributed by atoms with Crippen LogP contribution >= 0.6 is 11.6 Å². The van der Waals surface area contributed by atoms with Crippen LogP contribution in [0.5, 0.6) is 0 Å². The molecule has 1 heterocycles. The number of amides is 1. The molecule has 1 aliphatic rings. The first-order valence-corrected chi connectivity index (χ1v) is 8.80. The van der Waals surface area contributed by atoms with Gasteiger partial charge in [0.1, 0.15) is 11.6 Å². The molecule has 1 saturated heterocycles. The van der Waals surface area contributed by atoms with E-state index in [2.05, 4.69) is 22.6 Å². The summed E-state index contributed by atoms with van der Waals surface area (Å²) < 4.78 is 27.1. The number of benzene rings is 2. The lowest BCUT2D eigenvalue weighted by atomic mass is 10.1. The summed E-state index contributed by atoms with van der Waals surface area (Å²) in [6.45, 7) is 1.97. The van der Waals surface area contributed by atoms with Gasteiger partial charge in [0.05, 0.1) is 10.6 Å². The van der Waals surface area contributed by atoms with E-state index >= 15 is 0 Å². The fourth-order valence-corrected chi connectivity index (χ4v) is 3.26. The molecule has 138 valence electrons. The zero-order chi connectivity index (χ0) is 18.7. The molecular weight excluding hydrogens is 360 g/mol. The van der Waals surface area contributed by atoms with E-state index in [-0.39, 0.29) is 16.6 Å². The Morgan fingerprint density at radius 3 is 2.46 bits per heavy atom. The molecule has 0 aromatic heterocycles. The van der Waals surface area contributed by atoms with Crippen molar-refractivity contribution in [2.75, 3.05) is 30.8 Å². The summed E-state index contributed by atoms with van der Waals surface area (Å²) in [5.74, 6) is -1.50. The summed E-state index contributed by atoms with van der Waals surface area (Å²) in [7, 11) is 2.08. The second-order valence-corrected chi connectivity index (χ2v) is 6.94. The largest absolute Gasteiger partial charge is 0.382 e. The highest BCUT2D eigenvalue weighted by Gasteiger charge is 2.17. The average Bonchev–Trinajstić information content (AvgIpc) is 2.56. The molecule has 4 nitrogen and oxygen atoms in total. The Bertz CT molecular complexity index is 807. The minimum Gasteiger partial charge on any atom is -0.382 e. The second-order valence-electron chi connectivity index (χ2n) is 6.53. The van der Waals surface area contributed by atoms with Crippen LogP contribution in [0, 0.1) is 11.6 Å². The first kappa shape index (κ1) is 18.6. The minimum absolute atomic E-state index is 0.00331. The van der Waals surface area contributed by atoms with Gasteiger partial charge in [-0.1, -0.05) is 11.6 Å². The molecule has 0 spiro atoms. The number of carbonyl (C=O) groups is 1. The monoisotopic (exact) mass is 379 g/mol. The minimum atomic E-state index is -0.526. The van der Waals surface area contributed by atoms with Crippen molar-refractivity contribution in [1.82, 2.24) is 4.90 Å². The molecule has 2 aromatic rings. The Morgan fingerprint density at radius 2 is 1.77 bits per heavy atom. The quantitative estimate of drug-likeness (QED) is 0.828. The van der Waals surface area contributed by atoms with Crippen LogP contribution in [0.1, 0.15) is 23.2 Å². The number of likely N-dealkylation sites (tertiary alicyclic amines) is 1. The van der Waals surface area contributed by atoms with E-state index in [1.54, 1.807) is 6.07 Å². The van der Waals surface area contributed by atoms with E-state index in [1.165, 1.54) is 18.2 Å². The van der Waals surface area contributed by atoms with E-state index in [0.29, 0.717) is 11.4 Å². The molecule has 26 heavy (non-hydrogen) atoms. The predicted molar refractivity (Wildman–Crippen MR) is 99.9 cm³/mol. The lowest BCUT2D eigenvalue weighted by Crippen LogP contribution is -2.36. The van der Waals surface area contributed by atoms with Crippen LogP contribution in [0.15, 0.2) is 36.4 Å². The van der Waals surface area contributed by atoms with Crippen molar-refractivity contribution in [2.45, 2.75) is 18.9 Å². The molecular formula is C19H20ClF2N3O. The Hall–Kier alpha value is -2.18. The third-order valence-electron chi connectivity index (χ3n) is 4.42. The van der Waals surface area contributed by atoms with Crippen LogP contribution in [0.25, 0.3) is 0 Å². The highest BCUT2D eigenvalue weighted by molar-refractivity contribution is 6.34. The molecule has 3 rings (SSSR count). The van der Waals surface area contributed by atoms with Crippen molar-refractivity contribution in [3.63, 3.8) is 0 Å². The highest BCUT2D eigenvalue weighted by atomic mass is 35.5. The van der Waals surface area contributed by atoms with E-state index in [0.717, 1.165) is 38.1 Å². The molecule has 1 amide bonds. The van der Waals surface area contributed by atoms with Crippen LogP contribution in [0.3, 0.4) is 0 Å². The maximum atomic E-state index is 14.0. The summed E-state index contributed by atoms with van der Waals surface area (Å²) in [5.41, 5.74) is 1.05. The molecule has 0 saturated carbocycles. The van der Waals surface area contributed by atoms with Gasteiger partial charge in [0.15, 0.2) is 0 Å². The van der Waals surface area contributed by atoms with Crippen molar-refractivity contribution in [2.24, 2.45) is 0 Å². The first-order chi connectivity index (χ1) is 12.4. The number of nitrogens with one attached hydrogen (secondary N) is 2. The maximum absolute atomic E-state index is 14.0. The third kappa shape index (κ3) is 4.71. The molecule has 0 radical (unpaired) electrons. The SMILES string of the molecule is CN1CCC(Nc2cc(F)cc(NC(=O)c3ccc(F)cc3Cl)c2)CC1. The number of halogens is 3. The van der Waals surface area contributed by atoms with Crippen molar-refractivity contribution in [1.29, 1.82) is 0 Å². The fourth-order valence-electron chi connectivity index (χ4n) is 3.01. The Morgan fingerprint density at radius 1 is 1.08 bits per heavy atom. The van der Waals surface area contributed by atoms with Crippen LogP contribution < -0.4 is 10.6 Å². The van der Waals surface area contributed by atoms with Gasteiger partial charge in [-0.05, 0) is 69.4 Å². The summed E-state index contributed by atoms with van der Waals surface area (Å²) in [5, 5.41) is 5.93. The van der Waals surface area contributed by atoms with Crippen LogP contribution in [0.2, 0.25) is 5.02 Å². The third-order valence-corrected chi connectivity index (χ3v) is 4.73. The number of anilines is 2. The van der Waals surface area contributed by atoms with Gasteiger partial charge in [0.2, 0.25) is 0 Å². The molecule has 2 aromatic carbocycles. The second kappa shape index (κ2) is 8.01. The van der Waals surface area contributed by atoms with Gasteiger partial charge in [-0.25, -0.2) is 8.78 Å². The summed E-state index contributed by atoms with van der Waals surface area (Å²) in [6.07, 6.45) is 1.94. The summed E-state index contributed by atoms with van der Waals surface area (Å²) >= 11 is 5.90. The number of piperidine rings is 1. The lowest BCUT2D eigenvalue weighted by Gasteiger charge is -2.30. The van der Waals surface area contributed by atoms with Crippen molar-refractivity contribution < 1.29 is 13.6 Å². The summed E-state index contributed by atoms with van der Waals surface area (Å²) in [6, 6.07) is 8.09. The number of carbonyl (C=O) groups excluding carboxylic acids is 1. The molecule has 0 bridgehead atoms. The molecule has 0 unspecified atom stereocenters. The Balaban J connectivity index is 1.72. The van der Waals surface area contributed by atoms with Crippen LogP contribution in [-0.2, 0) is 0 Å². The van der Waals surface area contributed by atoms with E-state index < -0.39 is 17.5 Å². The zero-order valence-corrected chi connectivity index (χ0v) is 15.1. The zero-order valence-electron chi connectivity index (χ0n) is 14.4. The normalized spacial score (nSPS) is 15.7. The van der Waals surface area contributed by atoms with E-state index in [1.807, 2.05) is 0 Å². The van der Waals surface area contributed by atoms with Gasteiger partial charge in [-0.2, -0.15) is 0 Å². The van der Waals surface area contributed by atoms with Crippen LogP contribution in [0.4, 0.5) is 20.2 Å². The fraction of sp³-hybridized carbons (Fsp3) is 0.316. The smallest absolute Gasteiger partial charge is 0.257 e. The molecule has 1 fully saturated rings. The van der Waals surface area contributed by atoms with Gasteiger partial charge in [-0.15, -0.1) is 0 Å². The number of nitrogens with zero attached hydrogens (tertiary/aromatic N) is 1. The first-order valence-electron chi connectivity index (χ1n) is 8.43. The van der Waals surface area contributed by atoms with Gasteiger partial charge in [0, 0.05) is 17.4 Å². The number of hydrogen-bond donors (Lipinski definition) is 2. The predicted octanol–water partition coefficient (Wildman–Crippen LogP) is 4.38.